The summed E-state index contributed by atoms with van der Waals surface area (Å²) in [6, 6.07) is 5.40. The van der Waals surface area contributed by atoms with Gasteiger partial charge in [-0.3, -0.25) is 0 Å². The van der Waals surface area contributed by atoms with Gasteiger partial charge in [0.05, 0.1) is 0 Å². The third-order valence-electron chi connectivity index (χ3n) is 6.41. The predicted octanol–water partition coefficient (Wildman–Crippen LogP) is 6.71. The number of hydrogen-bond acceptors (Lipinski definition) is 0. The Kier molecular flexibility index (Phi) is 6.14. The first-order valence-corrected chi connectivity index (χ1v) is 10.0. The number of benzene rings is 1. The molecule has 1 aromatic rings. The molecule has 2 aliphatic carbocycles. The van der Waals surface area contributed by atoms with Crippen LogP contribution in [0.3, 0.4) is 0 Å². The molecule has 0 bridgehead atoms. The van der Waals surface area contributed by atoms with Crippen molar-refractivity contribution in [3.05, 3.63) is 35.1 Å². The van der Waals surface area contributed by atoms with Crippen molar-refractivity contribution >= 4 is 0 Å². The maximum atomic E-state index is 13.4. The molecule has 2 aliphatic rings. The predicted molar refractivity (Wildman–Crippen MR) is 96.1 cm³/mol. The Morgan fingerprint density at radius 3 is 2.30 bits per heavy atom. The fourth-order valence-electron chi connectivity index (χ4n) is 4.82. The number of hydrogen-bond donors (Lipinski definition) is 0. The number of rotatable bonds is 6. The largest absolute Gasteiger partial charge is 0.207 e. The summed E-state index contributed by atoms with van der Waals surface area (Å²) in [7, 11) is 0. The Balaban J connectivity index is 1.40. The van der Waals surface area contributed by atoms with Crippen LogP contribution in [0.4, 0.5) is 4.39 Å². The molecule has 0 heterocycles. The molecule has 0 amide bonds. The van der Waals surface area contributed by atoms with Crippen molar-refractivity contribution in [2.45, 2.75) is 84.0 Å². The minimum absolute atomic E-state index is 0.0604. The molecular weight excluding hydrogens is 283 g/mol. The highest BCUT2D eigenvalue weighted by Gasteiger charge is 2.23. The molecule has 23 heavy (non-hydrogen) atoms. The highest BCUT2D eigenvalue weighted by Crippen LogP contribution is 2.36. The van der Waals surface area contributed by atoms with Crippen LogP contribution in [-0.4, -0.2) is 0 Å². The number of fused-ring (bicyclic) bond motifs is 1. The molecule has 1 fully saturated rings. The van der Waals surface area contributed by atoms with E-state index in [4.69, 9.17) is 0 Å². The van der Waals surface area contributed by atoms with Crippen LogP contribution in [0.5, 0.6) is 0 Å². The van der Waals surface area contributed by atoms with E-state index in [2.05, 4.69) is 6.92 Å². The molecule has 1 aromatic carbocycles. The second-order valence-electron chi connectivity index (χ2n) is 8.13. The summed E-state index contributed by atoms with van der Waals surface area (Å²) in [5.74, 6) is 2.73. The normalized spacial score (nSPS) is 27.7. The lowest BCUT2D eigenvalue weighted by Gasteiger charge is -2.30. The van der Waals surface area contributed by atoms with Crippen LogP contribution < -0.4 is 0 Å². The number of aryl methyl sites for hydroxylation is 1. The molecule has 0 saturated heterocycles. The second-order valence-corrected chi connectivity index (χ2v) is 8.13. The lowest BCUT2D eigenvalue weighted by molar-refractivity contribution is 0.234. The number of unbranched alkanes of at least 4 members (excludes halogenated alkanes) is 1. The van der Waals surface area contributed by atoms with Gasteiger partial charge in [-0.25, -0.2) is 4.39 Å². The fraction of sp³-hybridized carbons (Fsp3) is 0.727. The smallest absolute Gasteiger partial charge is 0.123 e. The van der Waals surface area contributed by atoms with Gasteiger partial charge in [-0.1, -0.05) is 64.4 Å². The van der Waals surface area contributed by atoms with Gasteiger partial charge in [0.25, 0.3) is 0 Å². The highest BCUT2D eigenvalue weighted by molar-refractivity contribution is 5.30. The lowest BCUT2D eigenvalue weighted by Crippen LogP contribution is -2.18. The zero-order chi connectivity index (χ0) is 16.1. The molecule has 1 unspecified atom stereocenters. The van der Waals surface area contributed by atoms with E-state index in [-0.39, 0.29) is 5.82 Å². The van der Waals surface area contributed by atoms with Gasteiger partial charge in [-0.05, 0) is 66.7 Å². The summed E-state index contributed by atoms with van der Waals surface area (Å²) in [5.41, 5.74) is 2.67. The summed E-state index contributed by atoms with van der Waals surface area (Å²) in [6.45, 7) is 2.31. The van der Waals surface area contributed by atoms with E-state index in [9.17, 15) is 4.39 Å². The summed E-state index contributed by atoms with van der Waals surface area (Å²) in [6.07, 6.45) is 16.5. The van der Waals surface area contributed by atoms with Crippen LogP contribution in [0.25, 0.3) is 0 Å². The SMILES string of the molecule is CCCCC1CCC(CCC2CCc3ccc(F)cc3C2)CC1. The third kappa shape index (κ3) is 4.81. The van der Waals surface area contributed by atoms with E-state index < -0.39 is 0 Å². The highest BCUT2D eigenvalue weighted by atomic mass is 19.1. The van der Waals surface area contributed by atoms with Crippen molar-refractivity contribution < 1.29 is 4.39 Å². The molecule has 1 saturated carbocycles. The molecule has 0 radical (unpaired) electrons. The first-order chi connectivity index (χ1) is 11.2. The Morgan fingerprint density at radius 1 is 0.870 bits per heavy atom. The van der Waals surface area contributed by atoms with Gasteiger partial charge in [0, 0.05) is 0 Å². The average molecular weight is 317 g/mol. The molecule has 0 N–H and O–H groups in total. The van der Waals surface area contributed by atoms with E-state index in [0.717, 1.165) is 30.6 Å². The van der Waals surface area contributed by atoms with E-state index >= 15 is 0 Å². The standard InChI is InChI=1S/C22H33F/c1-2-3-4-17-5-7-18(8-6-17)9-10-19-11-12-20-13-14-22(23)16-21(20)15-19/h13-14,16-19H,2-12,15H2,1H3. The van der Waals surface area contributed by atoms with Crippen molar-refractivity contribution in [1.29, 1.82) is 0 Å². The Bertz CT molecular complexity index is 485. The maximum absolute atomic E-state index is 13.4. The van der Waals surface area contributed by atoms with E-state index in [1.165, 1.54) is 75.3 Å². The molecule has 1 atom stereocenters. The van der Waals surface area contributed by atoms with Gasteiger partial charge in [0.15, 0.2) is 0 Å². The molecule has 3 rings (SSSR count). The molecular formula is C22H33F. The zero-order valence-corrected chi connectivity index (χ0v) is 14.8. The minimum Gasteiger partial charge on any atom is -0.207 e. The van der Waals surface area contributed by atoms with Crippen molar-refractivity contribution in [2.24, 2.45) is 17.8 Å². The minimum atomic E-state index is -0.0604. The third-order valence-corrected chi connectivity index (χ3v) is 6.41. The van der Waals surface area contributed by atoms with Gasteiger partial charge in [-0.2, -0.15) is 0 Å². The Morgan fingerprint density at radius 2 is 1.57 bits per heavy atom. The molecule has 0 spiro atoms. The zero-order valence-electron chi connectivity index (χ0n) is 14.8. The van der Waals surface area contributed by atoms with Crippen molar-refractivity contribution in [1.82, 2.24) is 0 Å². The number of halogens is 1. The maximum Gasteiger partial charge on any atom is 0.123 e. The van der Waals surface area contributed by atoms with Crippen molar-refractivity contribution in [3.63, 3.8) is 0 Å². The monoisotopic (exact) mass is 316 g/mol. The van der Waals surface area contributed by atoms with E-state index in [0.29, 0.717) is 0 Å². The second kappa shape index (κ2) is 8.31. The summed E-state index contributed by atoms with van der Waals surface area (Å²) in [5, 5.41) is 0. The van der Waals surface area contributed by atoms with Gasteiger partial charge >= 0.3 is 0 Å². The van der Waals surface area contributed by atoms with Crippen molar-refractivity contribution in [3.8, 4) is 0 Å². The first-order valence-electron chi connectivity index (χ1n) is 10.0. The van der Waals surface area contributed by atoms with Crippen LogP contribution in [-0.2, 0) is 12.8 Å². The Labute approximate surface area is 141 Å². The molecule has 0 nitrogen and oxygen atoms in total. The van der Waals surface area contributed by atoms with Gasteiger partial charge in [-0.15, -0.1) is 0 Å². The molecule has 0 aromatic heterocycles. The molecule has 128 valence electrons. The van der Waals surface area contributed by atoms with Gasteiger partial charge in [0.1, 0.15) is 5.82 Å². The van der Waals surface area contributed by atoms with Gasteiger partial charge in [0.2, 0.25) is 0 Å². The van der Waals surface area contributed by atoms with Gasteiger partial charge < -0.3 is 0 Å². The van der Waals surface area contributed by atoms with Crippen molar-refractivity contribution in [2.75, 3.05) is 0 Å². The van der Waals surface area contributed by atoms with E-state index in [1.807, 2.05) is 6.07 Å². The van der Waals surface area contributed by atoms with Crippen LogP contribution in [0, 0.1) is 23.6 Å². The Hall–Kier alpha value is -0.850. The van der Waals surface area contributed by atoms with Crippen LogP contribution in [0.15, 0.2) is 18.2 Å². The first kappa shape index (κ1) is 17.0. The summed E-state index contributed by atoms with van der Waals surface area (Å²) in [4.78, 5) is 0. The van der Waals surface area contributed by atoms with Crippen LogP contribution in [0.1, 0.15) is 82.3 Å². The fourth-order valence-corrected chi connectivity index (χ4v) is 4.82. The molecule has 0 aliphatic heterocycles. The van der Waals surface area contributed by atoms with Crippen LogP contribution in [0.2, 0.25) is 0 Å². The summed E-state index contributed by atoms with van der Waals surface area (Å²) >= 11 is 0. The lowest BCUT2D eigenvalue weighted by atomic mass is 9.75. The topological polar surface area (TPSA) is 0 Å². The average Bonchev–Trinajstić information content (AvgIpc) is 2.58. The van der Waals surface area contributed by atoms with Crippen LogP contribution >= 0.6 is 0 Å². The van der Waals surface area contributed by atoms with E-state index in [1.54, 1.807) is 12.1 Å². The summed E-state index contributed by atoms with van der Waals surface area (Å²) < 4.78 is 13.4. The molecule has 1 heteroatoms. The quantitative estimate of drug-likeness (QED) is 0.547.